The fourth-order valence-electron chi connectivity index (χ4n) is 6.67. The van der Waals surface area contributed by atoms with Gasteiger partial charge in [0.25, 0.3) is 0 Å². The second-order valence-corrected chi connectivity index (χ2v) is 16.9. The van der Waals surface area contributed by atoms with Crippen LogP contribution in [0.1, 0.15) is 241 Å². The van der Waals surface area contributed by atoms with Crippen molar-refractivity contribution in [3.63, 3.8) is 0 Å². The Morgan fingerprint density at radius 3 is 1.00 bits per heavy atom. The van der Waals surface area contributed by atoms with Gasteiger partial charge >= 0.3 is 17.9 Å². The third-order valence-electron chi connectivity index (χ3n) is 10.5. The maximum atomic E-state index is 12.7. The van der Waals surface area contributed by atoms with Gasteiger partial charge in [0.15, 0.2) is 6.10 Å². The zero-order chi connectivity index (χ0) is 38.5. The lowest BCUT2D eigenvalue weighted by molar-refractivity contribution is -0.167. The van der Waals surface area contributed by atoms with Crippen LogP contribution < -0.4 is 0 Å². The van der Waals surface area contributed by atoms with Gasteiger partial charge in [0.05, 0.1) is 0 Å². The Labute approximate surface area is 323 Å². The molecular weight excluding hydrogens is 648 g/mol. The van der Waals surface area contributed by atoms with Gasteiger partial charge in [0.2, 0.25) is 0 Å². The van der Waals surface area contributed by atoms with Crippen molar-refractivity contribution in [2.75, 3.05) is 13.2 Å². The number of hydrogen-bond acceptors (Lipinski definition) is 6. The number of ether oxygens (including phenoxy) is 3. The van der Waals surface area contributed by atoms with Crippen LogP contribution in [0.4, 0.5) is 0 Å². The molecule has 0 amide bonds. The van der Waals surface area contributed by atoms with Crippen LogP contribution in [-0.4, -0.2) is 37.2 Å². The highest BCUT2D eigenvalue weighted by Gasteiger charge is 2.19. The number of rotatable bonds is 39. The first-order valence-electron chi connectivity index (χ1n) is 22.6. The molecule has 308 valence electrons. The van der Waals surface area contributed by atoms with Crippen molar-refractivity contribution in [3.8, 4) is 0 Å². The summed E-state index contributed by atoms with van der Waals surface area (Å²) in [7, 11) is 0. The first-order chi connectivity index (χ1) is 25.1. The summed E-state index contributed by atoms with van der Waals surface area (Å²) in [4.78, 5) is 37.7. The van der Waals surface area contributed by atoms with Crippen molar-refractivity contribution in [1.82, 2.24) is 0 Å². The molecule has 6 nitrogen and oxygen atoms in total. The minimum absolute atomic E-state index is 0.0672. The number of esters is 3. The van der Waals surface area contributed by atoms with Gasteiger partial charge in [-0.1, -0.05) is 202 Å². The Hall–Kier alpha value is -1.59. The van der Waals surface area contributed by atoms with Crippen molar-refractivity contribution < 1.29 is 28.6 Å². The van der Waals surface area contributed by atoms with Gasteiger partial charge in [-0.2, -0.15) is 0 Å². The van der Waals surface area contributed by atoms with Gasteiger partial charge < -0.3 is 14.2 Å². The van der Waals surface area contributed by atoms with E-state index in [2.05, 4.69) is 41.5 Å². The summed E-state index contributed by atoms with van der Waals surface area (Å²) in [5.74, 6) is 1.56. The SMILES string of the molecule is CCC(C)CCCCCCCCCCC(=O)OC[C@H](COC(=O)CCCCCCCCCCCCC(C)C)OC(=O)CCCCCCCCC(C)C. The fraction of sp³-hybridized carbons (Fsp3) is 0.935. The predicted octanol–water partition coefficient (Wildman–Crippen LogP) is 14.0. The summed E-state index contributed by atoms with van der Waals surface area (Å²) in [6.45, 7) is 13.6. The van der Waals surface area contributed by atoms with Crippen LogP contribution in [-0.2, 0) is 28.6 Å². The van der Waals surface area contributed by atoms with Gasteiger partial charge in [-0.05, 0) is 37.0 Å². The van der Waals surface area contributed by atoms with Gasteiger partial charge in [0.1, 0.15) is 13.2 Å². The largest absolute Gasteiger partial charge is 0.462 e. The molecule has 2 atom stereocenters. The summed E-state index contributed by atoms with van der Waals surface area (Å²) in [6.07, 6.45) is 33.8. The van der Waals surface area contributed by atoms with Gasteiger partial charge in [0, 0.05) is 19.3 Å². The molecule has 52 heavy (non-hydrogen) atoms. The molecule has 0 radical (unpaired) electrons. The van der Waals surface area contributed by atoms with Crippen molar-refractivity contribution >= 4 is 17.9 Å². The van der Waals surface area contributed by atoms with E-state index in [1.54, 1.807) is 0 Å². The predicted molar refractivity (Wildman–Crippen MR) is 219 cm³/mol. The Kier molecular flexibility index (Phi) is 36.6. The number of hydrogen-bond donors (Lipinski definition) is 0. The van der Waals surface area contributed by atoms with Gasteiger partial charge in [-0.3, -0.25) is 14.4 Å². The molecule has 0 aromatic heterocycles. The molecule has 1 unspecified atom stereocenters. The van der Waals surface area contributed by atoms with Crippen LogP contribution in [0, 0.1) is 17.8 Å². The van der Waals surface area contributed by atoms with E-state index in [9.17, 15) is 14.4 Å². The van der Waals surface area contributed by atoms with E-state index in [0.717, 1.165) is 75.5 Å². The first-order valence-corrected chi connectivity index (χ1v) is 22.6. The molecule has 0 N–H and O–H groups in total. The zero-order valence-corrected chi connectivity index (χ0v) is 35.6. The highest BCUT2D eigenvalue weighted by atomic mass is 16.6. The van der Waals surface area contributed by atoms with Gasteiger partial charge in [-0.15, -0.1) is 0 Å². The second kappa shape index (κ2) is 37.7. The quantitative estimate of drug-likeness (QED) is 0.0355. The van der Waals surface area contributed by atoms with E-state index < -0.39 is 6.10 Å². The normalized spacial score (nSPS) is 12.7. The molecule has 0 saturated heterocycles. The molecule has 0 aliphatic heterocycles. The van der Waals surface area contributed by atoms with E-state index >= 15 is 0 Å². The van der Waals surface area contributed by atoms with Crippen LogP contribution in [0.5, 0.6) is 0 Å². The van der Waals surface area contributed by atoms with Crippen molar-refractivity contribution in [1.29, 1.82) is 0 Å². The molecule has 0 rings (SSSR count). The highest BCUT2D eigenvalue weighted by Crippen LogP contribution is 2.17. The van der Waals surface area contributed by atoms with Crippen molar-refractivity contribution in [3.05, 3.63) is 0 Å². The number of carbonyl (C=O) groups is 3. The molecule has 0 aliphatic carbocycles. The monoisotopic (exact) mass is 737 g/mol. The maximum absolute atomic E-state index is 12.7. The molecule has 0 aromatic rings. The summed E-state index contributed by atoms with van der Waals surface area (Å²) < 4.78 is 16.7. The summed E-state index contributed by atoms with van der Waals surface area (Å²) in [5, 5.41) is 0. The highest BCUT2D eigenvalue weighted by molar-refractivity contribution is 5.71. The van der Waals surface area contributed by atoms with Crippen LogP contribution in [0.3, 0.4) is 0 Å². The smallest absolute Gasteiger partial charge is 0.306 e. The Morgan fingerprint density at radius 2 is 0.673 bits per heavy atom. The Balaban J connectivity index is 4.33. The topological polar surface area (TPSA) is 78.9 Å². The van der Waals surface area contributed by atoms with E-state index in [1.807, 2.05) is 0 Å². The molecular formula is C46H88O6. The number of unbranched alkanes of at least 4 members (excludes halogenated alkanes) is 21. The average molecular weight is 737 g/mol. The minimum Gasteiger partial charge on any atom is -0.462 e. The lowest BCUT2D eigenvalue weighted by atomic mass is 9.99. The fourth-order valence-corrected chi connectivity index (χ4v) is 6.67. The van der Waals surface area contributed by atoms with Crippen molar-refractivity contribution in [2.45, 2.75) is 247 Å². The molecule has 6 heteroatoms. The Morgan fingerprint density at radius 1 is 0.385 bits per heavy atom. The average Bonchev–Trinajstić information content (AvgIpc) is 3.11. The Bertz CT molecular complexity index is 809. The maximum Gasteiger partial charge on any atom is 0.306 e. The third-order valence-corrected chi connectivity index (χ3v) is 10.5. The minimum atomic E-state index is -0.762. The first kappa shape index (κ1) is 50.4. The van der Waals surface area contributed by atoms with E-state index in [1.165, 1.54) is 122 Å². The molecule has 0 spiro atoms. The van der Waals surface area contributed by atoms with Crippen LogP contribution in [0.15, 0.2) is 0 Å². The van der Waals surface area contributed by atoms with Crippen LogP contribution in [0.2, 0.25) is 0 Å². The molecule has 0 aliphatic rings. The van der Waals surface area contributed by atoms with Gasteiger partial charge in [-0.25, -0.2) is 0 Å². The summed E-state index contributed by atoms with van der Waals surface area (Å²) in [6, 6.07) is 0. The van der Waals surface area contributed by atoms with E-state index in [4.69, 9.17) is 14.2 Å². The van der Waals surface area contributed by atoms with Crippen molar-refractivity contribution in [2.24, 2.45) is 17.8 Å². The molecule has 0 saturated carbocycles. The summed E-state index contributed by atoms with van der Waals surface area (Å²) >= 11 is 0. The molecule has 0 aromatic carbocycles. The summed E-state index contributed by atoms with van der Waals surface area (Å²) in [5.41, 5.74) is 0. The lowest BCUT2D eigenvalue weighted by Crippen LogP contribution is -2.30. The number of carbonyl (C=O) groups excluding carboxylic acids is 3. The standard InChI is InChI=1S/C46H88O6/c1-7-42(6)34-28-22-15-12-13-17-24-30-36-45(48)51-39-43(52-46(49)37-31-25-19-18-21-27-33-41(4)5)38-50-44(47)35-29-23-16-11-9-8-10-14-20-26-32-40(2)3/h40-43H,7-39H2,1-6H3/t42?,43-/m0/s1. The van der Waals surface area contributed by atoms with E-state index in [0.29, 0.717) is 19.3 Å². The van der Waals surface area contributed by atoms with E-state index in [-0.39, 0.29) is 31.1 Å². The lowest BCUT2D eigenvalue weighted by Gasteiger charge is -2.18. The third kappa shape index (κ3) is 38.1. The second-order valence-electron chi connectivity index (χ2n) is 16.9. The zero-order valence-electron chi connectivity index (χ0n) is 35.6. The molecule has 0 bridgehead atoms. The van der Waals surface area contributed by atoms with Crippen LogP contribution >= 0.6 is 0 Å². The van der Waals surface area contributed by atoms with Crippen LogP contribution in [0.25, 0.3) is 0 Å². The molecule has 0 fully saturated rings. The molecule has 0 heterocycles.